The number of nitrogens with one attached hydrogen (secondary N) is 3. The number of likely N-dealkylation sites (tertiary alicyclic amines) is 1. The minimum atomic E-state index is -0.834. The van der Waals surface area contributed by atoms with Crippen molar-refractivity contribution < 1.29 is 14.4 Å². The molecule has 1 heterocycles. The summed E-state index contributed by atoms with van der Waals surface area (Å²) in [6.45, 7) is 14.1. The lowest BCUT2D eigenvalue weighted by molar-refractivity contribution is -0.142. The lowest BCUT2D eigenvalue weighted by Gasteiger charge is -2.37. The van der Waals surface area contributed by atoms with Gasteiger partial charge in [0.2, 0.25) is 11.8 Å². The van der Waals surface area contributed by atoms with Crippen LogP contribution in [0.25, 0.3) is 0 Å². The van der Waals surface area contributed by atoms with Crippen molar-refractivity contribution in [3.8, 4) is 0 Å². The normalized spacial score (nSPS) is 19.3. The van der Waals surface area contributed by atoms with Gasteiger partial charge in [-0.05, 0) is 81.0 Å². The molecule has 9 heteroatoms. The molecule has 2 aliphatic rings. The highest BCUT2D eigenvalue weighted by Gasteiger charge is 2.43. The number of amides is 4. The lowest BCUT2D eigenvalue weighted by Crippen LogP contribution is -2.61. The second-order valence-corrected chi connectivity index (χ2v) is 13.5. The first-order chi connectivity index (χ1) is 19.3. The van der Waals surface area contributed by atoms with Crippen LogP contribution in [0.2, 0.25) is 0 Å². The first-order valence-electron chi connectivity index (χ1n) is 15.0. The number of nitrogens with zero attached hydrogens (tertiary/aromatic N) is 2. The molecule has 0 aromatic heterocycles. The molecular formula is C32H49N5O4. The molecule has 0 radical (unpaired) electrons. The number of hydrogen-bond acceptors (Lipinski definition) is 5. The van der Waals surface area contributed by atoms with Gasteiger partial charge in [0.05, 0.1) is 6.04 Å². The molecule has 41 heavy (non-hydrogen) atoms. The molecule has 9 nitrogen and oxygen atoms in total. The van der Waals surface area contributed by atoms with Gasteiger partial charge in [0.15, 0.2) is 0 Å². The van der Waals surface area contributed by atoms with Crippen LogP contribution in [0.4, 0.5) is 10.5 Å². The van der Waals surface area contributed by atoms with Crippen LogP contribution in [-0.4, -0.2) is 53.0 Å². The molecule has 4 amide bonds. The molecule has 0 bridgehead atoms. The van der Waals surface area contributed by atoms with E-state index in [4.69, 9.17) is 0 Å². The third-order valence-electron chi connectivity index (χ3n) is 8.06. The zero-order valence-electron chi connectivity index (χ0n) is 25.9. The highest BCUT2D eigenvalue weighted by atomic mass is 16.3. The molecule has 2 fully saturated rings. The minimum absolute atomic E-state index is 0.0170. The van der Waals surface area contributed by atoms with Gasteiger partial charge >= 0.3 is 6.03 Å². The molecule has 1 aliphatic carbocycles. The van der Waals surface area contributed by atoms with Gasteiger partial charge in [0, 0.05) is 12.1 Å². The molecule has 3 atom stereocenters. The van der Waals surface area contributed by atoms with Gasteiger partial charge in [0.25, 0.3) is 0 Å². The Morgan fingerprint density at radius 1 is 1.07 bits per heavy atom. The monoisotopic (exact) mass is 567 g/mol. The quantitative estimate of drug-likeness (QED) is 0.220. The first-order valence-corrected chi connectivity index (χ1v) is 15.0. The summed E-state index contributed by atoms with van der Waals surface area (Å²) >= 11 is 0. The zero-order chi connectivity index (χ0) is 30.4. The second-order valence-electron chi connectivity index (χ2n) is 13.5. The minimum Gasteiger partial charge on any atom is -0.348 e. The maximum Gasteiger partial charge on any atom is 0.315 e. The van der Waals surface area contributed by atoms with Crippen molar-refractivity contribution in [3.63, 3.8) is 0 Å². The third kappa shape index (κ3) is 9.13. The van der Waals surface area contributed by atoms with E-state index in [9.17, 15) is 19.3 Å². The fraction of sp³-hybridized carbons (Fsp3) is 0.656. The van der Waals surface area contributed by atoms with Crippen molar-refractivity contribution in [2.24, 2.45) is 16.5 Å². The van der Waals surface area contributed by atoms with Gasteiger partial charge < -0.3 is 20.9 Å². The summed E-state index contributed by atoms with van der Waals surface area (Å²) in [4.78, 5) is 53.6. The van der Waals surface area contributed by atoms with Crippen LogP contribution in [0.3, 0.4) is 0 Å². The predicted molar refractivity (Wildman–Crippen MR) is 163 cm³/mol. The van der Waals surface area contributed by atoms with Crippen LogP contribution in [0, 0.1) is 16.2 Å². The topological polar surface area (TPSA) is 120 Å². The van der Waals surface area contributed by atoms with E-state index >= 15 is 0 Å². The fourth-order valence-electron chi connectivity index (χ4n) is 5.64. The van der Waals surface area contributed by atoms with Crippen LogP contribution >= 0.6 is 0 Å². The van der Waals surface area contributed by atoms with Crippen LogP contribution in [0.15, 0.2) is 41.1 Å². The molecule has 1 saturated heterocycles. The maximum absolute atomic E-state index is 13.9. The summed E-state index contributed by atoms with van der Waals surface area (Å²) in [6.07, 6.45) is 8.15. The molecule has 1 aromatic rings. The van der Waals surface area contributed by atoms with E-state index in [1.165, 1.54) is 18.4 Å². The average molecular weight is 568 g/mol. The van der Waals surface area contributed by atoms with Gasteiger partial charge in [-0.25, -0.2) is 4.79 Å². The number of allylic oxidation sites excluding steroid dienone is 1. The summed E-state index contributed by atoms with van der Waals surface area (Å²) in [7, 11) is 0. The number of nitroso groups, excluding NO2 is 1. The summed E-state index contributed by atoms with van der Waals surface area (Å²) in [5.74, 6) is 0.284. The molecule has 226 valence electrons. The van der Waals surface area contributed by atoms with Gasteiger partial charge in [-0.1, -0.05) is 70.4 Å². The Hall–Kier alpha value is -3.23. The molecule has 1 saturated carbocycles. The Bertz CT molecular complexity index is 1140. The summed E-state index contributed by atoms with van der Waals surface area (Å²) in [5, 5.41) is 12.2. The Morgan fingerprint density at radius 2 is 1.76 bits per heavy atom. The summed E-state index contributed by atoms with van der Waals surface area (Å²) in [6, 6.07) is 5.14. The van der Waals surface area contributed by atoms with E-state index in [1.807, 2.05) is 46.8 Å². The molecule has 1 aromatic carbocycles. The molecule has 3 N–H and O–H groups in total. The Kier molecular flexibility index (Phi) is 10.7. The number of rotatable bonds is 12. The number of carbonyl (C=O) groups excluding carboxylic acids is 3. The standard InChI is InChI=1S/C32H49N5O4/c1-8-12-21(2)25(19-22-16-17-22)33-28(38)26-15-11-18-37(26)29(39)27(31(3,4)5)34-30(40)35-32(6,7)20-23-13-9-10-14-24(23)36-41/h9-10,12-14,22,25-27H,8,11,15-20H2,1-7H3,(H,33,38)(H2,34,35,40)/b21-12-. The van der Waals surface area contributed by atoms with Gasteiger partial charge in [-0.3, -0.25) is 9.59 Å². The number of hydrogen-bond donors (Lipinski definition) is 3. The maximum atomic E-state index is 13.9. The van der Waals surface area contributed by atoms with E-state index in [0.29, 0.717) is 31.0 Å². The van der Waals surface area contributed by atoms with Gasteiger partial charge in [0.1, 0.15) is 17.8 Å². The molecule has 1 aliphatic heterocycles. The van der Waals surface area contributed by atoms with Crippen LogP contribution in [0.1, 0.15) is 92.6 Å². The van der Waals surface area contributed by atoms with Crippen molar-refractivity contribution in [2.45, 2.75) is 117 Å². The Balaban J connectivity index is 1.70. The third-order valence-corrected chi connectivity index (χ3v) is 8.06. The first kappa shape index (κ1) is 32.3. The van der Waals surface area contributed by atoms with Gasteiger partial charge in [-0.15, -0.1) is 4.91 Å². The number of carbonyl (C=O) groups is 3. The van der Waals surface area contributed by atoms with Gasteiger partial charge in [-0.2, -0.15) is 0 Å². The van der Waals surface area contributed by atoms with E-state index in [-0.39, 0.29) is 17.9 Å². The number of benzene rings is 1. The SMILES string of the molecule is CC/C=C(/C)C(CC1CC1)NC(=O)C1CCCN1C(=O)C(NC(=O)NC(C)(C)Cc1ccccc1N=O)C(C)(C)C. The summed E-state index contributed by atoms with van der Waals surface area (Å²) in [5.41, 5.74) is 0.927. The molecule has 3 unspecified atom stereocenters. The van der Waals surface area contributed by atoms with Crippen molar-refractivity contribution in [1.29, 1.82) is 0 Å². The molecule has 3 rings (SSSR count). The van der Waals surface area contributed by atoms with Crippen molar-refractivity contribution >= 4 is 23.5 Å². The number of urea groups is 1. The second kappa shape index (κ2) is 13.6. The molecular weight excluding hydrogens is 518 g/mol. The van der Waals surface area contributed by atoms with Crippen molar-refractivity contribution in [1.82, 2.24) is 20.9 Å². The van der Waals surface area contributed by atoms with E-state index < -0.39 is 29.1 Å². The Morgan fingerprint density at radius 3 is 2.37 bits per heavy atom. The van der Waals surface area contributed by atoms with Crippen LogP contribution in [-0.2, 0) is 16.0 Å². The van der Waals surface area contributed by atoms with Crippen molar-refractivity contribution in [2.75, 3.05) is 6.54 Å². The summed E-state index contributed by atoms with van der Waals surface area (Å²) < 4.78 is 0. The predicted octanol–water partition coefficient (Wildman–Crippen LogP) is 5.75. The zero-order valence-corrected chi connectivity index (χ0v) is 25.9. The van der Waals surface area contributed by atoms with E-state index in [2.05, 4.69) is 41.1 Å². The highest BCUT2D eigenvalue weighted by Crippen LogP contribution is 2.35. The highest BCUT2D eigenvalue weighted by molar-refractivity contribution is 5.93. The van der Waals surface area contributed by atoms with E-state index in [0.717, 1.165) is 24.8 Å². The lowest BCUT2D eigenvalue weighted by atomic mass is 9.85. The smallest absolute Gasteiger partial charge is 0.315 e. The average Bonchev–Trinajstić information content (AvgIpc) is 3.57. The van der Waals surface area contributed by atoms with E-state index in [1.54, 1.807) is 17.0 Å². The Labute approximate surface area is 245 Å². The largest absolute Gasteiger partial charge is 0.348 e. The fourth-order valence-corrected chi connectivity index (χ4v) is 5.64. The van der Waals surface area contributed by atoms with Crippen LogP contribution < -0.4 is 16.0 Å². The van der Waals surface area contributed by atoms with Crippen molar-refractivity contribution in [3.05, 3.63) is 46.4 Å². The molecule has 0 spiro atoms. The van der Waals surface area contributed by atoms with Crippen LogP contribution in [0.5, 0.6) is 0 Å².